The summed E-state index contributed by atoms with van der Waals surface area (Å²) in [6.07, 6.45) is 2.29. The molecule has 1 aromatic carbocycles. The van der Waals surface area contributed by atoms with Gasteiger partial charge in [-0.05, 0) is 34.8 Å². The highest BCUT2D eigenvalue weighted by Crippen LogP contribution is 2.36. The summed E-state index contributed by atoms with van der Waals surface area (Å²) in [5.41, 5.74) is 1.53. The first kappa shape index (κ1) is 8.35. The number of fused-ring (bicyclic) bond motifs is 1. The molecular weight excluding hydrogens is 249 g/mol. The van der Waals surface area contributed by atoms with Gasteiger partial charge in [0.25, 0.3) is 0 Å². The first-order valence-electron chi connectivity index (χ1n) is 4.45. The lowest BCUT2D eigenvalue weighted by Gasteiger charge is -1.98. The van der Waals surface area contributed by atoms with Gasteiger partial charge in [-0.2, -0.15) is 0 Å². The molecule has 1 fully saturated rings. The van der Waals surface area contributed by atoms with E-state index in [1.807, 2.05) is 4.68 Å². The third kappa shape index (κ3) is 1.15. The summed E-state index contributed by atoms with van der Waals surface area (Å²) in [6.45, 7) is 0. The van der Waals surface area contributed by atoms with Crippen molar-refractivity contribution >= 4 is 27.0 Å². The molecule has 0 aliphatic heterocycles. The Bertz CT molecular complexity index is 504. The molecule has 0 amide bonds. The maximum Gasteiger partial charge on any atom is 0.139 e. The molecule has 0 radical (unpaired) electrons. The maximum absolute atomic E-state index is 13.2. The van der Waals surface area contributed by atoms with Crippen LogP contribution in [0.25, 0.3) is 11.0 Å². The average Bonchev–Trinajstić information content (AvgIpc) is 2.91. The van der Waals surface area contributed by atoms with Gasteiger partial charge in [-0.3, -0.25) is 0 Å². The minimum absolute atomic E-state index is 0.291. The van der Waals surface area contributed by atoms with E-state index in [4.69, 9.17) is 0 Å². The first-order chi connectivity index (χ1) is 6.75. The van der Waals surface area contributed by atoms with Crippen LogP contribution in [0.3, 0.4) is 0 Å². The Kier molecular flexibility index (Phi) is 1.65. The second kappa shape index (κ2) is 2.76. The van der Waals surface area contributed by atoms with Crippen molar-refractivity contribution in [2.75, 3.05) is 0 Å². The van der Waals surface area contributed by atoms with Crippen molar-refractivity contribution in [3.63, 3.8) is 0 Å². The number of hydrogen-bond acceptors (Lipinski definition) is 2. The number of benzene rings is 1. The Morgan fingerprint density at radius 1 is 1.43 bits per heavy atom. The molecule has 1 saturated carbocycles. The monoisotopic (exact) mass is 255 g/mol. The van der Waals surface area contributed by atoms with Crippen molar-refractivity contribution in [1.29, 1.82) is 0 Å². The molecule has 1 aliphatic carbocycles. The predicted octanol–water partition coefficient (Wildman–Crippen LogP) is 2.67. The Morgan fingerprint density at radius 2 is 2.21 bits per heavy atom. The quantitative estimate of drug-likeness (QED) is 0.785. The second-order valence-corrected chi connectivity index (χ2v) is 4.37. The van der Waals surface area contributed by atoms with Gasteiger partial charge in [0.15, 0.2) is 0 Å². The van der Waals surface area contributed by atoms with Crippen molar-refractivity contribution in [2.45, 2.75) is 18.9 Å². The minimum atomic E-state index is -0.291. The Morgan fingerprint density at radius 3 is 2.93 bits per heavy atom. The third-order valence-electron chi connectivity index (χ3n) is 2.41. The standard InChI is InChI=1S/C9H7BrFN3/c10-6-3-9-8(4-7(6)11)12-13-14(9)5-1-2-5/h3-5H,1-2H2. The molecule has 1 aliphatic rings. The molecule has 14 heavy (non-hydrogen) atoms. The molecule has 0 N–H and O–H groups in total. The Balaban J connectivity index is 2.29. The fourth-order valence-electron chi connectivity index (χ4n) is 1.52. The van der Waals surface area contributed by atoms with Gasteiger partial charge in [-0.25, -0.2) is 9.07 Å². The van der Waals surface area contributed by atoms with Gasteiger partial charge >= 0.3 is 0 Å². The van der Waals surface area contributed by atoms with E-state index in [9.17, 15) is 4.39 Å². The molecule has 1 aromatic heterocycles. The SMILES string of the molecule is Fc1cc2nnn(C3CC3)c2cc1Br. The van der Waals surface area contributed by atoms with Crippen LogP contribution in [0.2, 0.25) is 0 Å². The zero-order valence-corrected chi connectivity index (χ0v) is 8.83. The fourth-order valence-corrected chi connectivity index (χ4v) is 1.85. The zero-order valence-electron chi connectivity index (χ0n) is 7.24. The van der Waals surface area contributed by atoms with Crippen LogP contribution in [-0.4, -0.2) is 15.0 Å². The van der Waals surface area contributed by atoms with Crippen molar-refractivity contribution in [2.24, 2.45) is 0 Å². The molecular formula is C9H7BrFN3. The molecule has 0 spiro atoms. The maximum atomic E-state index is 13.2. The normalized spacial score (nSPS) is 16.4. The summed E-state index contributed by atoms with van der Waals surface area (Å²) in [7, 11) is 0. The highest BCUT2D eigenvalue weighted by Gasteiger charge is 2.26. The van der Waals surface area contributed by atoms with Gasteiger partial charge in [0, 0.05) is 6.07 Å². The molecule has 3 rings (SSSR count). The van der Waals surface area contributed by atoms with E-state index in [1.165, 1.54) is 6.07 Å². The van der Waals surface area contributed by atoms with Crippen LogP contribution < -0.4 is 0 Å². The third-order valence-corrected chi connectivity index (χ3v) is 3.01. The van der Waals surface area contributed by atoms with Gasteiger partial charge in [0.1, 0.15) is 11.3 Å². The van der Waals surface area contributed by atoms with Gasteiger partial charge in [0.05, 0.1) is 16.0 Å². The lowest BCUT2D eigenvalue weighted by Crippen LogP contribution is -1.95. The number of hydrogen-bond donors (Lipinski definition) is 0. The minimum Gasteiger partial charge on any atom is -0.242 e. The Labute approximate surface area is 88.0 Å². The molecule has 0 unspecified atom stereocenters. The van der Waals surface area contributed by atoms with Gasteiger partial charge in [-0.1, -0.05) is 5.21 Å². The van der Waals surface area contributed by atoms with Gasteiger partial charge in [0.2, 0.25) is 0 Å². The van der Waals surface area contributed by atoms with Crippen molar-refractivity contribution < 1.29 is 4.39 Å². The summed E-state index contributed by atoms with van der Waals surface area (Å²) in [6, 6.07) is 3.62. The van der Waals surface area contributed by atoms with Crippen molar-refractivity contribution in [3.05, 3.63) is 22.4 Å². The van der Waals surface area contributed by atoms with Crippen LogP contribution in [0, 0.1) is 5.82 Å². The van der Waals surface area contributed by atoms with E-state index in [1.54, 1.807) is 6.07 Å². The summed E-state index contributed by atoms with van der Waals surface area (Å²) in [5.74, 6) is -0.291. The Hall–Kier alpha value is -0.970. The van der Waals surface area contributed by atoms with E-state index in [0.717, 1.165) is 18.4 Å². The van der Waals surface area contributed by atoms with Gasteiger partial charge in [-0.15, -0.1) is 5.10 Å². The summed E-state index contributed by atoms with van der Waals surface area (Å²) < 4.78 is 15.5. The number of halogens is 2. The van der Waals surface area contributed by atoms with Crippen LogP contribution in [0.15, 0.2) is 16.6 Å². The molecule has 0 atom stereocenters. The second-order valence-electron chi connectivity index (χ2n) is 3.52. The van der Waals surface area contributed by atoms with E-state index >= 15 is 0 Å². The summed E-state index contributed by atoms with van der Waals surface area (Å²) >= 11 is 3.16. The highest BCUT2D eigenvalue weighted by molar-refractivity contribution is 9.10. The lowest BCUT2D eigenvalue weighted by molar-refractivity contribution is 0.621. The molecule has 3 nitrogen and oxygen atoms in total. The van der Waals surface area contributed by atoms with Crippen LogP contribution in [-0.2, 0) is 0 Å². The molecule has 0 bridgehead atoms. The molecule has 2 aromatic rings. The molecule has 0 saturated heterocycles. The molecule has 5 heteroatoms. The summed E-state index contributed by atoms with van der Waals surface area (Å²) in [5, 5.41) is 7.95. The smallest absolute Gasteiger partial charge is 0.139 e. The largest absolute Gasteiger partial charge is 0.242 e. The fraction of sp³-hybridized carbons (Fsp3) is 0.333. The van der Waals surface area contributed by atoms with E-state index in [0.29, 0.717) is 16.0 Å². The topological polar surface area (TPSA) is 30.7 Å². The summed E-state index contributed by atoms with van der Waals surface area (Å²) in [4.78, 5) is 0. The van der Waals surface area contributed by atoms with Gasteiger partial charge < -0.3 is 0 Å². The average molecular weight is 256 g/mol. The lowest BCUT2D eigenvalue weighted by atomic mass is 10.3. The van der Waals surface area contributed by atoms with Crippen molar-refractivity contribution in [1.82, 2.24) is 15.0 Å². The zero-order chi connectivity index (χ0) is 9.71. The number of rotatable bonds is 1. The van der Waals surface area contributed by atoms with E-state index < -0.39 is 0 Å². The van der Waals surface area contributed by atoms with Crippen molar-refractivity contribution in [3.8, 4) is 0 Å². The molecule has 1 heterocycles. The van der Waals surface area contributed by atoms with Crippen LogP contribution in [0.4, 0.5) is 4.39 Å². The predicted molar refractivity (Wildman–Crippen MR) is 53.5 cm³/mol. The molecule has 72 valence electrons. The van der Waals surface area contributed by atoms with E-state index in [-0.39, 0.29) is 5.82 Å². The highest BCUT2D eigenvalue weighted by atomic mass is 79.9. The van der Waals surface area contributed by atoms with E-state index in [2.05, 4.69) is 26.2 Å². The first-order valence-corrected chi connectivity index (χ1v) is 5.25. The van der Waals surface area contributed by atoms with Crippen LogP contribution >= 0.6 is 15.9 Å². The van der Waals surface area contributed by atoms with Crippen LogP contribution in [0.5, 0.6) is 0 Å². The number of nitrogens with zero attached hydrogens (tertiary/aromatic N) is 3. The van der Waals surface area contributed by atoms with Crippen LogP contribution in [0.1, 0.15) is 18.9 Å². The number of aromatic nitrogens is 3.